The minimum absolute atomic E-state index is 0.0312. The average Bonchev–Trinajstić information content (AvgIpc) is 2.93. The Hall–Kier alpha value is -4.20. The first-order valence-corrected chi connectivity index (χ1v) is 14.1. The molecule has 0 aliphatic heterocycles. The van der Waals surface area contributed by atoms with Crippen molar-refractivity contribution in [3.8, 4) is 0 Å². The first kappa shape index (κ1) is 26.4. The average molecular weight is 556 g/mol. The molecule has 0 atom stereocenters. The molecular weight excluding hydrogens is 530 g/mol. The number of hydrazone groups is 1. The summed E-state index contributed by atoms with van der Waals surface area (Å²) >= 11 is 5.97. The molecule has 0 fully saturated rings. The lowest BCUT2D eigenvalue weighted by Crippen LogP contribution is -2.39. The topological polar surface area (TPSA) is 78.8 Å². The van der Waals surface area contributed by atoms with E-state index in [1.807, 2.05) is 68.4 Å². The Bertz CT molecular complexity index is 1780. The number of hydrogen-bond acceptors (Lipinski definition) is 4. The molecule has 5 aromatic rings. The third-order valence-corrected chi connectivity index (χ3v) is 8.70. The van der Waals surface area contributed by atoms with Crippen LogP contribution in [0.3, 0.4) is 0 Å². The molecule has 5 rings (SSSR count). The van der Waals surface area contributed by atoms with Crippen LogP contribution in [0.4, 0.5) is 5.69 Å². The molecule has 0 spiro atoms. The van der Waals surface area contributed by atoms with Crippen molar-refractivity contribution in [2.75, 3.05) is 10.8 Å². The van der Waals surface area contributed by atoms with Crippen molar-refractivity contribution < 1.29 is 13.2 Å². The van der Waals surface area contributed by atoms with E-state index < -0.39 is 22.5 Å². The van der Waals surface area contributed by atoms with Crippen LogP contribution in [-0.4, -0.2) is 27.1 Å². The number of carbonyl (C=O) groups excluding carboxylic acids is 1. The number of anilines is 1. The number of fused-ring (bicyclic) bond motifs is 2. The maximum absolute atomic E-state index is 13.6. The van der Waals surface area contributed by atoms with Gasteiger partial charge in [-0.15, -0.1) is 0 Å². The summed E-state index contributed by atoms with van der Waals surface area (Å²) in [4.78, 5) is 13.1. The number of halogens is 1. The first-order valence-electron chi connectivity index (χ1n) is 12.3. The molecule has 0 radical (unpaired) electrons. The van der Waals surface area contributed by atoms with Crippen molar-refractivity contribution in [2.45, 2.75) is 18.7 Å². The van der Waals surface area contributed by atoms with Crippen LogP contribution in [-0.2, 0) is 14.8 Å². The minimum Gasteiger partial charge on any atom is -0.271 e. The number of hydrogen-bond donors (Lipinski definition) is 1. The van der Waals surface area contributed by atoms with Gasteiger partial charge in [0.1, 0.15) is 6.54 Å². The van der Waals surface area contributed by atoms with E-state index in [-0.39, 0.29) is 4.90 Å². The lowest BCUT2D eigenvalue weighted by molar-refractivity contribution is -0.119. The summed E-state index contributed by atoms with van der Waals surface area (Å²) in [5.41, 5.74) is 5.69. The molecule has 196 valence electrons. The summed E-state index contributed by atoms with van der Waals surface area (Å²) in [6.45, 7) is 3.38. The van der Waals surface area contributed by atoms with Gasteiger partial charge in [-0.25, -0.2) is 13.8 Å². The van der Waals surface area contributed by atoms with Crippen molar-refractivity contribution >= 4 is 61.0 Å². The lowest BCUT2D eigenvalue weighted by Gasteiger charge is -2.24. The molecule has 0 heterocycles. The van der Waals surface area contributed by atoms with Crippen molar-refractivity contribution in [2.24, 2.45) is 5.10 Å². The predicted molar refractivity (Wildman–Crippen MR) is 159 cm³/mol. The van der Waals surface area contributed by atoms with Crippen LogP contribution < -0.4 is 9.73 Å². The maximum Gasteiger partial charge on any atom is 0.264 e. The van der Waals surface area contributed by atoms with E-state index >= 15 is 0 Å². The van der Waals surface area contributed by atoms with Gasteiger partial charge in [0.05, 0.1) is 16.8 Å². The van der Waals surface area contributed by atoms with Crippen LogP contribution in [0.2, 0.25) is 5.02 Å². The summed E-state index contributed by atoms with van der Waals surface area (Å²) in [5, 5.41) is 8.74. The van der Waals surface area contributed by atoms with Crippen LogP contribution in [0.15, 0.2) is 107 Å². The van der Waals surface area contributed by atoms with Gasteiger partial charge in [-0.05, 0) is 89.0 Å². The van der Waals surface area contributed by atoms with Crippen molar-refractivity contribution in [3.63, 3.8) is 0 Å². The molecule has 39 heavy (non-hydrogen) atoms. The fraction of sp³-hybridized carbons (Fsp3) is 0.0968. The third-order valence-electron chi connectivity index (χ3n) is 6.66. The molecule has 0 saturated carbocycles. The highest BCUT2D eigenvalue weighted by molar-refractivity contribution is 7.92. The standard InChI is InChI=1S/C31H26ClN3O3S/c1-21-11-14-26(17-22(21)2)35(39(37,38)27-15-12-25(32)13-16-27)20-31(36)34-33-19-30-28-9-5-3-7-23(28)18-24-8-4-6-10-29(24)30/h3-19H,20H2,1-2H3,(H,34,36)/b33-19-. The highest BCUT2D eigenvalue weighted by atomic mass is 35.5. The number of carbonyl (C=O) groups is 1. The number of aryl methyl sites for hydroxylation is 2. The second-order valence-electron chi connectivity index (χ2n) is 9.26. The smallest absolute Gasteiger partial charge is 0.264 e. The monoisotopic (exact) mass is 555 g/mol. The van der Waals surface area contributed by atoms with Gasteiger partial charge >= 0.3 is 0 Å². The SMILES string of the molecule is Cc1ccc(N(CC(=O)N/N=C\c2c3ccccc3cc3ccccc23)S(=O)(=O)c2ccc(Cl)cc2)cc1C. The summed E-state index contributed by atoms with van der Waals surface area (Å²) in [6, 6.07) is 29.2. The third kappa shape index (κ3) is 5.50. The Morgan fingerprint density at radius 2 is 1.46 bits per heavy atom. The summed E-state index contributed by atoms with van der Waals surface area (Å²) < 4.78 is 28.3. The number of benzene rings is 5. The quantitative estimate of drug-likeness (QED) is 0.139. The van der Waals surface area contributed by atoms with Crippen LogP contribution in [0, 0.1) is 13.8 Å². The zero-order valence-corrected chi connectivity index (χ0v) is 23.0. The normalized spacial score (nSPS) is 11.8. The molecule has 0 aliphatic carbocycles. The van der Waals surface area contributed by atoms with Crippen LogP contribution in [0.5, 0.6) is 0 Å². The number of amides is 1. The molecule has 5 aromatic carbocycles. The molecule has 1 amide bonds. The molecule has 0 unspecified atom stereocenters. The molecule has 0 bridgehead atoms. The fourth-order valence-corrected chi connectivity index (χ4v) is 5.99. The Balaban J connectivity index is 1.46. The van der Waals surface area contributed by atoms with Gasteiger partial charge in [0.15, 0.2) is 0 Å². The number of nitrogens with one attached hydrogen (secondary N) is 1. The molecule has 6 nitrogen and oxygen atoms in total. The molecule has 1 N–H and O–H groups in total. The largest absolute Gasteiger partial charge is 0.271 e. The molecular formula is C31H26ClN3O3S. The molecule has 8 heteroatoms. The number of sulfonamides is 1. The van der Waals surface area contributed by atoms with Gasteiger partial charge < -0.3 is 0 Å². The highest BCUT2D eigenvalue weighted by Gasteiger charge is 2.27. The van der Waals surface area contributed by atoms with E-state index in [0.717, 1.165) is 42.5 Å². The summed E-state index contributed by atoms with van der Waals surface area (Å²) in [7, 11) is -4.07. The molecule has 0 aromatic heterocycles. The number of nitrogens with zero attached hydrogens (tertiary/aromatic N) is 2. The Kier molecular flexibility index (Phi) is 7.37. The van der Waals surface area contributed by atoms with Gasteiger partial charge in [-0.3, -0.25) is 9.10 Å². The zero-order chi connectivity index (χ0) is 27.6. The second-order valence-corrected chi connectivity index (χ2v) is 11.6. The maximum atomic E-state index is 13.6. The van der Waals surface area contributed by atoms with Crippen LogP contribution >= 0.6 is 11.6 Å². The highest BCUT2D eigenvalue weighted by Crippen LogP contribution is 2.28. The van der Waals surface area contributed by atoms with Gasteiger partial charge in [0.25, 0.3) is 15.9 Å². The van der Waals surface area contributed by atoms with Gasteiger partial charge in [-0.2, -0.15) is 5.10 Å². The van der Waals surface area contributed by atoms with Crippen LogP contribution in [0.25, 0.3) is 21.5 Å². The lowest BCUT2D eigenvalue weighted by atomic mass is 9.97. The van der Waals surface area contributed by atoms with Crippen molar-refractivity contribution in [3.05, 3.63) is 119 Å². The Morgan fingerprint density at radius 3 is 2.08 bits per heavy atom. The zero-order valence-electron chi connectivity index (χ0n) is 21.4. The van der Waals surface area contributed by atoms with Crippen molar-refractivity contribution in [1.82, 2.24) is 5.43 Å². The van der Waals surface area contributed by atoms with Gasteiger partial charge in [0, 0.05) is 10.6 Å². The summed E-state index contributed by atoms with van der Waals surface area (Å²) in [6.07, 6.45) is 1.61. The van der Waals surface area contributed by atoms with Gasteiger partial charge in [-0.1, -0.05) is 66.2 Å². The van der Waals surface area contributed by atoms with E-state index in [9.17, 15) is 13.2 Å². The first-order chi connectivity index (χ1) is 18.7. The predicted octanol–water partition coefficient (Wildman–Crippen LogP) is 6.61. The van der Waals surface area contributed by atoms with E-state index in [4.69, 9.17) is 11.6 Å². The molecule has 0 aliphatic rings. The van der Waals surface area contributed by atoms with Crippen LogP contribution in [0.1, 0.15) is 16.7 Å². The fourth-order valence-electron chi connectivity index (χ4n) is 4.45. The van der Waals surface area contributed by atoms with E-state index in [0.29, 0.717) is 10.7 Å². The number of rotatable bonds is 7. The van der Waals surface area contributed by atoms with Gasteiger partial charge in [0.2, 0.25) is 0 Å². The summed E-state index contributed by atoms with van der Waals surface area (Å²) in [5.74, 6) is -0.577. The molecule has 0 saturated heterocycles. The second kappa shape index (κ2) is 10.9. The van der Waals surface area contributed by atoms with Crippen molar-refractivity contribution in [1.29, 1.82) is 0 Å². The minimum atomic E-state index is -4.07. The van der Waals surface area contributed by atoms with E-state index in [1.54, 1.807) is 18.3 Å². The van der Waals surface area contributed by atoms with E-state index in [1.165, 1.54) is 24.3 Å². The Labute approximate surface area is 232 Å². The van der Waals surface area contributed by atoms with E-state index in [2.05, 4.69) is 16.6 Å². The Morgan fingerprint density at radius 1 is 0.846 bits per heavy atom.